The van der Waals surface area contributed by atoms with Crippen LogP contribution in [0, 0.1) is 5.92 Å². The summed E-state index contributed by atoms with van der Waals surface area (Å²) in [7, 11) is 0. The highest BCUT2D eigenvalue weighted by molar-refractivity contribution is 6.04. The molecule has 5 nitrogen and oxygen atoms in total. The van der Waals surface area contributed by atoms with Gasteiger partial charge in [-0.15, -0.1) is 0 Å². The highest BCUT2D eigenvalue weighted by atomic mass is 16.2. The first kappa shape index (κ1) is 17.6. The molecule has 2 aromatic rings. The van der Waals surface area contributed by atoms with Crippen LogP contribution in [0.15, 0.2) is 54.6 Å². The van der Waals surface area contributed by atoms with Crippen molar-refractivity contribution in [3.63, 3.8) is 0 Å². The van der Waals surface area contributed by atoms with E-state index >= 15 is 0 Å². The molecule has 0 radical (unpaired) electrons. The van der Waals surface area contributed by atoms with Gasteiger partial charge in [-0.2, -0.15) is 0 Å². The molecule has 2 aliphatic rings. The Morgan fingerprint density at radius 2 is 1.63 bits per heavy atom. The number of hydrogen-bond donors (Lipinski definition) is 1. The van der Waals surface area contributed by atoms with Crippen molar-refractivity contribution in [1.29, 1.82) is 0 Å². The lowest BCUT2D eigenvalue weighted by Gasteiger charge is -2.30. The maximum Gasteiger partial charge on any atom is 0.229 e. The van der Waals surface area contributed by atoms with Gasteiger partial charge in [0.25, 0.3) is 0 Å². The van der Waals surface area contributed by atoms with Crippen LogP contribution in [0.1, 0.15) is 25.7 Å². The van der Waals surface area contributed by atoms with Gasteiger partial charge >= 0.3 is 0 Å². The maximum atomic E-state index is 12.9. The lowest BCUT2D eigenvalue weighted by molar-refractivity contribution is -0.122. The van der Waals surface area contributed by atoms with E-state index in [0.29, 0.717) is 6.54 Å². The van der Waals surface area contributed by atoms with Crippen LogP contribution in [0.4, 0.5) is 17.1 Å². The van der Waals surface area contributed by atoms with Crippen LogP contribution in [-0.4, -0.2) is 31.4 Å². The molecule has 0 spiro atoms. The first-order chi connectivity index (χ1) is 13.2. The number of hydrogen-bond acceptors (Lipinski definition) is 3. The van der Waals surface area contributed by atoms with Crippen molar-refractivity contribution in [2.75, 3.05) is 34.8 Å². The number of nitrogens with one attached hydrogen (secondary N) is 1. The van der Waals surface area contributed by atoms with Crippen molar-refractivity contribution in [2.24, 2.45) is 5.92 Å². The Kier molecular flexibility index (Phi) is 5.10. The van der Waals surface area contributed by atoms with E-state index in [4.69, 9.17) is 0 Å². The molecule has 27 heavy (non-hydrogen) atoms. The fraction of sp³-hybridized carbons (Fsp3) is 0.364. The molecule has 1 atom stereocenters. The second-order valence-corrected chi connectivity index (χ2v) is 7.30. The standard InChI is InChI=1S/C22H25N3O2/c26-21-15-17(16-25(21)18-9-3-1-4-10-18)22(27)23-19-11-5-6-12-20(19)24-13-7-2-8-14-24/h1,3-6,9-12,17H,2,7-8,13-16H2,(H,23,27)/t17-/m1/s1. The molecule has 2 saturated heterocycles. The van der Waals surface area contributed by atoms with Crippen molar-refractivity contribution in [3.8, 4) is 0 Å². The van der Waals surface area contributed by atoms with Gasteiger partial charge in [0.05, 0.1) is 17.3 Å². The average Bonchev–Trinajstić information content (AvgIpc) is 3.12. The Morgan fingerprint density at radius 1 is 0.926 bits per heavy atom. The van der Waals surface area contributed by atoms with Crippen LogP contribution >= 0.6 is 0 Å². The summed E-state index contributed by atoms with van der Waals surface area (Å²) < 4.78 is 0. The largest absolute Gasteiger partial charge is 0.370 e. The molecule has 5 heteroatoms. The number of carbonyl (C=O) groups excluding carboxylic acids is 2. The van der Waals surface area contributed by atoms with E-state index < -0.39 is 0 Å². The molecule has 2 amide bonds. The monoisotopic (exact) mass is 363 g/mol. The van der Waals surface area contributed by atoms with Gasteiger partial charge in [0.15, 0.2) is 0 Å². The summed E-state index contributed by atoms with van der Waals surface area (Å²) in [5.74, 6) is -0.399. The van der Waals surface area contributed by atoms with Gasteiger partial charge in [-0.05, 0) is 43.5 Å². The van der Waals surface area contributed by atoms with Gasteiger partial charge < -0.3 is 15.1 Å². The predicted octanol–water partition coefficient (Wildman–Crippen LogP) is 3.67. The fourth-order valence-electron chi connectivity index (χ4n) is 3.97. The van der Waals surface area contributed by atoms with Gasteiger partial charge in [0.1, 0.15) is 0 Å². The van der Waals surface area contributed by atoms with Gasteiger partial charge in [-0.25, -0.2) is 0 Å². The molecule has 0 saturated carbocycles. The second kappa shape index (κ2) is 7.82. The van der Waals surface area contributed by atoms with E-state index in [-0.39, 0.29) is 24.2 Å². The van der Waals surface area contributed by atoms with Crippen molar-refractivity contribution in [1.82, 2.24) is 0 Å². The lowest BCUT2D eigenvalue weighted by atomic mass is 10.1. The summed E-state index contributed by atoms with van der Waals surface area (Å²) in [6, 6.07) is 17.5. The van der Waals surface area contributed by atoms with E-state index in [2.05, 4.69) is 16.3 Å². The van der Waals surface area contributed by atoms with Crippen LogP contribution < -0.4 is 15.1 Å². The molecule has 0 aromatic heterocycles. The predicted molar refractivity (Wildman–Crippen MR) is 108 cm³/mol. The number of para-hydroxylation sites is 3. The number of anilines is 3. The average molecular weight is 363 g/mol. The summed E-state index contributed by atoms with van der Waals surface area (Å²) >= 11 is 0. The Balaban J connectivity index is 1.46. The molecule has 2 aliphatic heterocycles. The normalized spacial score (nSPS) is 20.0. The number of carbonyl (C=O) groups is 2. The zero-order valence-corrected chi connectivity index (χ0v) is 15.4. The molecule has 0 bridgehead atoms. The molecule has 2 heterocycles. The minimum absolute atomic E-state index is 0.00525. The van der Waals surface area contributed by atoms with Crippen molar-refractivity contribution in [2.45, 2.75) is 25.7 Å². The molecule has 140 valence electrons. The quantitative estimate of drug-likeness (QED) is 0.902. The molecule has 2 fully saturated rings. The molecule has 2 aromatic carbocycles. The Hall–Kier alpha value is -2.82. The molecule has 4 rings (SSSR count). The summed E-state index contributed by atoms with van der Waals surface area (Å²) in [5, 5.41) is 3.08. The molecular weight excluding hydrogens is 338 g/mol. The van der Waals surface area contributed by atoms with Crippen molar-refractivity contribution < 1.29 is 9.59 Å². The lowest BCUT2D eigenvalue weighted by Crippen LogP contribution is -2.31. The van der Waals surface area contributed by atoms with Crippen molar-refractivity contribution >= 4 is 28.9 Å². The third-order valence-corrected chi connectivity index (χ3v) is 5.42. The highest BCUT2D eigenvalue weighted by Crippen LogP contribution is 2.30. The number of benzene rings is 2. The Morgan fingerprint density at radius 3 is 2.41 bits per heavy atom. The van der Waals surface area contributed by atoms with E-state index in [9.17, 15) is 9.59 Å². The molecular formula is C22H25N3O2. The van der Waals surface area contributed by atoms with Gasteiger partial charge in [0, 0.05) is 31.7 Å². The fourth-order valence-corrected chi connectivity index (χ4v) is 3.97. The van der Waals surface area contributed by atoms with Crippen LogP contribution in [0.2, 0.25) is 0 Å². The van der Waals surface area contributed by atoms with E-state index in [1.54, 1.807) is 4.90 Å². The zero-order valence-electron chi connectivity index (χ0n) is 15.4. The number of nitrogens with zero attached hydrogens (tertiary/aromatic N) is 2. The minimum atomic E-state index is -0.327. The molecule has 0 aliphatic carbocycles. The first-order valence-corrected chi connectivity index (χ1v) is 9.72. The summed E-state index contributed by atoms with van der Waals surface area (Å²) in [6.45, 7) is 2.48. The molecule has 0 unspecified atom stereocenters. The maximum absolute atomic E-state index is 12.9. The smallest absolute Gasteiger partial charge is 0.229 e. The number of piperidine rings is 1. The third-order valence-electron chi connectivity index (χ3n) is 5.42. The van der Waals surface area contributed by atoms with E-state index in [1.165, 1.54) is 19.3 Å². The highest BCUT2D eigenvalue weighted by Gasteiger charge is 2.35. The van der Waals surface area contributed by atoms with E-state index in [0.717, 1.165) is 30.2 Å². The molecule has 1 N–H and O–H groups in total. The van der Waals surface area contributed by atoms with Gasteiger partial charge in [-0.1, -0.05) is 30.3 Å². The van der Waals surface area contributed by atoms with Crippen LogP contribution in [0.25, 0.3) is 0 Å². The van der Waals surface area contributed by atoms with Crippen LogP contribution in [0.5, 0.6) is 0 Å². The topological polar surface area (TPSA) is 52.7 Å². The summed E-state index contributed by atoms with van der Waals surface area (Å²) in [4.78, 5) is 29.3. The number of amides is 2. The van der Waals surface area contributed by atoms with E-state index in [1.807, 2.05) is 48.5 Å². The SMILES string of the molecule is O=C(Nc1ccccc1N1CCCCC1)[C@@H]1CC(=O)N(c2ccccc2)C1. The first-order valence-electron chi connectivity index (χ1n) is 9.72. The third kappa shape index (κ3) is 3.82. The summed E-state index contributed by atoms with van der Waals surface area (Å²) in [5.41, 5.74) is 2.77. The van der Waals surface area contributed by atoms with Crippen molar-refractivity contribution in [3.05, 3.63) is 54.6 Å². The number of rotatable bonds is 4. The Bertz CT molecular complexity index is 815. The Labute approximate surface area is 160 Å². The van der Waals surface area contributed by atoms with Gasteiger partial charge in [0.2, 0.25) is 11.8 Å². The minimum Gasteiger partial charge on any atom is -0.370 e. The van der Waals surface area contributed by atoms with Crippen LogP contribution in [0.3, 0.4) is 0 Å². The second-order valence-electron chi connectivity index (χ2n) is 7.30. The van der Waals surface area contributed by atoms with Crippen LogP contribution in [-0.2, 0) is 9.59 Å². The zero-order chi connectivity index (χ0) is 18.6. The van der Waals surface area contributed by atoms with Gasteiger partial charge in [-0.3, -0.25) is 9.59 Å². The summed E-state index contributed by atoms with van der Waals surface area (Å²) in [6.07, 6.45) is 3.90.